The van der Waals surface area contributed by atoms with Gasteiger partial charge in [0, 0.05) is 25.5 Å². The van der Waals surface area contributed by atoms with E-state index in [0.717, 1.165) is 18.7 Å². The molecule has 2 N–H and O–H groups in total. The number of aromatic nitrogens is 2. The minimum atomic E-state index is -1.25. The molecule has 1 unspecified atom stereocenters. The van der Waals surface area contributed by atoms with Crippen LogP contribution < -0.4 is 5.73 Å². The third-order valence-corrected chi connectivity index (χ3v) is 3.31. The molecule has 7 heteroatoms. The van der Waals surface area contributed by atoms with E-state index in [1.165, 1.54) is 0 Å². The number of hydrogen-bond acceptors (Lipinski definition) is 5. The number of rotatable bonds is 6. The lowest BCUT2D eigenvalue weighted by Gasteiger charge is -2.24. The number of amides is 1. The summed E-state index contributed by atoms with van der Waals surface area (Å²) < 4.78 is 6.65. The van der Waals surface area contributed by atoms with Gasteiger partial charge in [-0.2, -0.15) is 0 Å². The first-order valence-corrected chi connectivity index (χ1v) is 6.73. The summed E-state index contributed by atoms with van der Waals surface area (Å²) in [7, 11) is 1.86. The highest BCUT2D eigenvalue weighted by Gasteiger charge is 2.38. The van der Waals surface area contributed by atoms with Crippen molar-refractivity contribution in [2.75, 3.05) is 6.61 Å². The third kappa shape index (κ3) is 3.16. The van der Waals surface area contributed by atoms with Gasteiger partial charge in [0.15, 0.2) is 6.04 Å². The van der Waals surface area contributed by atoms with Crippen LogP contribution >= 0.6 is 0 Å². The summed E-state index contributed by atoms with van der Waals surface area (Å²) in [6.07, 6.45) is 5.36. The van der Waals surface area contributed by atoms with Crippen LogP contribution in [0.3, 0.4) is 0 Å². The number of nitrogens with two attached hydrogens (primary N) is 1. The van der Waals surface area contributed by atoms with Gasteiger partial charge < -0.3 is 19.9 Å². The summed E-state index contributed by atoms with van der Waals surface area (Å²) in [5.74, 6) is -0.307. The number of aryl methyl sites for hydroxylation is 1. The van der Waals surface area contributed by atoms with Gasteiger partial charge in [-0.1, -0.05) is 0 Å². The number of carbonyl (C=O) groups excluding carboxylic acids is 2. The largest absolute Gasteiger partial charge is 0.464 e. The van der Waals surface area contributed by atoms with Crippen LogP contribution in [0.2, 0.25) is 0 Å². The molecule has 0 aromatic carbocycles. The van der Waals surface area contributed by atoms with Crippen LogP contribution in [0.25, 0.3) is 0 Å². The second-order valence-electron chi connectivity index (χ2n) is 4.88. The molecule has 1 amide bonds. The molecule has 1 atom stereocenters. The van der Waals surface area contributed by atoms with Gasteiger partial charge in [0.25, 0.3) is 5.91 Å². The normalized spacial score (nSPS) is 15.8. The van der Waals surface area contributed by atoms with Crippen LogP contribution in [-0.4, -0.2) is 45.0 Å². The standard InChI is InChI=1S/C13H20N4O3/c1-3-20-13(19)11(14)12(18)17(9-4-5-9)8-10-15-6-7-16(10)2/h6-7,9,11H,3-5,8,14H2,1-2H3. The Hall–Kier alpha value is -1.89. The Bertz CT molecular complexity index is 496. The summed E-state index contributed by atoms with van der Waals surface area (Å²) in [6, 6.07) is -1.10. The Kier molecular flexibility index (Phi) is 4.39. The molecule has 0 spiro atoms. The zero-order chi connectivity index (χ0) is 14.7. The Balaban J connectivity index is 2.07. The highest BCUT2D eigenvalue weighted by molar-refractivity contribution is 6.01. The molecule has 1 aromatic heterocycles. The average Bonchev–Trinajstić information content (AvgIpc) is 3.19. The molecule has 1 aliphatic carbocycles. The van der Waals surface area contributed by atoms with E-state index in [0.29, 0.717) is 6.54 Å². The van der Waals surface area contributed by atoms with Crippen molar-refractivity contribution >= 4 is 11.9 Å². The first kappa shape index (κ1) is 14.5. The van der Waals surface area contributed by atoms with Crippen molar-refractivity contribution in [1.29, 1.82) is 0 Å². The van der Waals surface area contributed by atoms with Gasteiger partial charge in [-0.15, -0.1) is 0 Å². The molecule has 0 radical (unpaired) electrons. The molecule has 1 heterocycles. The monoisotopic (exact) mass is 280 g/mol. The van der Waals surface area contributed by atoms with E-state index in [4.69, 9.17) is 10.5 Å². The Morgan fingerprint density at radius 3 is 2.80 bits per heavy atom. The van der Waals surface area contributed by atoms with Crippen LogP contribution in [0.4, 0.5) is 0 Å². The van der Waals surface area contributed by atoms with Gasteiger partial charge in [-0.05, 0) is 19.8 Å². The molecular weight excluding hydrogens is 260 g/mol. The SMILES string of the molecule is CCOC(=O)C(N)C(=O)N(Cc1nccn1C)C1CC1. The van der Waals surface area contributed by atoms with Crippen molar-refractivity contribution in [3.8, 4) is 0 Å². The van der Waals surface area contributed by atoms with Crippen molar-refractivity contribution in [2.45, 2.75) is 38.4 Å². The minimum absolute atomic E-state index is 0.152. The first-order chi connectivity index (χ1) is 9.54. The van der Waals surface area contributed by atoms with Gasteiger partial charge in [-0.25, -0.2) is 9.78 Å². The lowest BCUT2D eigenvalue weighted by atomic mass is 10.2. The number of hydrogen-bond donors (Lipinski definition) is 1. The van der Waals surface area contributed by atoms with Crippen molar-refractivity contribution in [2.24, 2.45) is 12.8 Å². The third-order valence-electron chi connectivity index (χ3n) is 3.31. The summed E-state index contributed by atoms with van der Waals surface area (Å²) >= 11 is 0. The number of esters is 1. The van der Waals surface area contributed by atoms with Gasteiger partial charge >= 0.3 is 5.97 Å². The Morgan fingerprint density at radius 1 is 1.60 bits per heavy atom. The maximum atomic E-state index is 12.3. The highest BCUT2D eigenvalue weighted by atomic mass is 16.5. The van der Waals surface area contributed by atoms with Crippen molar-refractivity contribution in [3.63, 3.8) is 0 Å². The molecule has 1 fully saturated rings. The number of imidazole rings is 1. The van der Waals surface area contributed by atoms with Crippen LogP contribution in [0.1, 0.15) is 25.6 Å². The van der Waals surface area contributed by atoms with Crippen molar-refractivity contribution in [1.82, 2.24) is 14.5 Å². The topological polar surface area (TPSA) is 90.4 Å². The van der Waals surface area contributed by atoms with Gasteiger partial charge in [0.05, 0.1) is 13.2 Å². The van der Waals surface area contributed by atoms with Crippen LogP contribution in [-0.2, 0) is 27.9 Å². The minimum Gasteiger partial charge on any atom is -0.464 e. The summed E-state index contributed by atoms with van der Waals surface area (Å²) in [5, 5.41) is 0. The van der Waals surface area contributed by atoms with E-state index in [1.807, 2.05) is 17.8 Å². The molecule has 1 saturated carbocycles. The predicted octanol–water partition coefficient (Wildman–Crippen LogP) is -0.198. The summed E-state index contributed by atoms with van der Waals surface area (Å²) in [5.41, 5.74) is 5.69. The molecule has 0 aliphatic heterocycles. The van der Waals surface area contributed by atoms with Crippen molar-refractivity contribution in [3.05, 3.63) is 18.2 Å². The second-order valence-corrected chi connectivity index (χ2v) is 4.88. The molecule has 0 saturated heterocycles. The number of carbonyl (C=O) groups is 2. The molecule has 110 valence electrons. The molecule has 1 aliphatic rings. The van der Waals surface area contributed by atoms with Crippen LogP contribution in [0, 0.1) is 0 Å². The van der Waals surface area contributed by atoms with Gasteiger partial charge in [0.1, 0.15) is 5.82 Å². The quantitative estimate of drug-likeness (QED) is 0.576. The first-order valence-electron chi connectivity index (χ1n) is 6.73. The second kappa shape index (κ2) is 6.04. The summed E-state index contributed by atoms with van der Waals surface area (Å²) in [4.78, 5) is 29.8. The van der Waals surface area contributed by atoms with E-state index in [-0.39, 0.29) is 12.6 Å². The van der Waals surface area contributed by atoms with Crippen LogP contribution in [0.15, 0.2) is 12.4 Å². The van der Waals surface area contributed by atoms with E-state index in [2.05, 4.69) is 4.98 Å². The van der Waals surface area contributed by atoms with E-state index >= 15 is 0 Å². The van der Waals surface area contributed by atoms with Crippen LogP contribution in [0.5, 0.6) is 0 Å². The zero-order valence-electron chi connectivity index (χ0n) is 11.8. The Morgan fingerprint density at radius 2 is 2.30 bits per heavy atom. The lowest BCUT2D eigenvalue weighted by Crippen LogP contribution is -2.49. The van der Waals surface area contributed by atoms with Crippen molar-refractivity contribution < 1.29 is 14.3 Å². The maximum Gasteiger partial charge on any atom is 0.332 e. The fourth-order valence-electron chi connectivity index (χ4n) is 1.99. The predicted molar refractivity (Wildman–Crippen MR) is 71.4 cm³/mol. The Labute approximate surface area is 117 Å². The molecule has 0 bridgehead atoms. The molecule has 2 rings (SSSR count). The molecule has 1 aromatic rings. The molecule has 20 heavy (non-hydrogen) atoms. The zero-order valence-corrected chi connectivity index (χ0v) is 11.8. The number of nitrogens with zero attached hydrogens (tertiary/aromatic N) is 3. The van der Waals surface area contributed by atoms with Gasteiger partial charge in [-0.3, -0.25) is 4.79 Å². The molecule has 7 nitrogen and oxygen atoms in total. The fourth-order valence-corrected chi connectivity index (χ4v) is 1.99. The smallest absolute Gasteiger partial charge is 0.332 e. The summed E-state index contributed by atoms with van der Waals surface area (Å²) in [6.45, 7) is 2.25. The fraction of sp³-hybridized carbons (Fsp3) is 0.615. The van der Waals surface area contributed by atoms with E-state index in [1.54, 1.807) is 18.0 Å². The highest BCUT2D eigenvalue weighted by Crippen LogP contribution is 2.28. The maximum absolute atomic E-state index is 12.3. The average molecular weight is 280 g/mol. The van der Waals surface area contributed by atoms with E-state index < -0.39 is 17.9 Å². The van der Waals surface area contributed by atoms with E-state index in [9.17, 15) is 9.59 Å². The lowest BCUT2D eigenvalue weighted by molar-refractivity contribution is -0.151. The molecular formula is C13H20N4O3. The number of ether oxygens (including phenoxy) is 1. The van der Waals surface area contributed by atoms with Gasteiger partial charge in [0.2, 0.25) is 0 Å².